The van der Waals surface area contributed by atoms with Gasteiger partial charge in [0.1, 0.15) is 0 Å². The van der Waals surface area contributed by atoms with Crippen LogP contribution >= 0.6 is 22.7 Å². The molecule has 2 aromatic heterocycles. The van der Waals surface area contributed by atoms with Crippen LogP contribution in [0.1, 0.15) is 16.7 Å². The van der Waals surface area contributed by atoms with Crippen molar-refractivity contribution >= 4 is 32.7 Å². The average molecular weight is 330 g/mol. The molecule has 0 aliphatic heterocycles. The quantitative estimate of drug-likeness (QED) is 0.781. The summed E-state index contributed by atoms with van der Waals surface area (Å²) < 4.78 is 26.9. The lowest BCUT2D eigenvalue weighted by atomic mass is 10.3. The van der Waals surface area contributed by atoms with E-state index in [1.165, 1.54) is 16.2 Å². The maximum absolute atomic E-state index is 12.1. The summed E-state index contributed by atoms with van der Waals surface area (Å²) >= 11 is 3.11. The van der Waals surface area contributed by atoms with Gasteiger partial charge in [-0.05, 0) is 30.5 Å². The van der Waals surface area contributed by atoms with Gasteiger partial charge in [0.05, 0.1) is 4.90 Å². The lowest BCUT2D eigenvalue weighted by Gasteiger charge is -2.03. The van der Waals surface area contributed by atoms with E-state index in [0.29, 0.717) is 18.0 Å². The minimum Gasteiger partial charge on any atom is -0.312 e. The largest absolute Gasteiger partial charge is 0.312 e. The van der Waals surface area contributed by atoms with Crippen molar-refractivity contribution in [1.82, 2.24) is 10.0 Å². The highest BCUT2D eigenvalue weighted by atomic mass is 32.2. The molecule has 0 fully saturated rings. The van der Waals surface area contributed by atoms with Gasteiger partial charge in [0.25, 0.3) is 0 Å². The molecule has 20 heavy (non-hydrogen) atoms. The predicted molar refractivity (Wildman–Crippen MR) is 84.9 cm³/mol. The molecule has 2 N–H and O–H groups in total. The van der Waals surface area contributed by atoms with E-state index in [1.54, 1.807) is 22.8 Å². The number of nitrogens with one attached hydrogen (secondary N) is 2. The Morgan fingerprint density at radius 3 is 2.80 bits per heavy atom. The first-order valence-electron chi connectivity index (χ1n) is 6.42. The number of sulfonamides is 1. The molecule has 7 heteroatoms. The highest BCUT2D eigenvalue weighted by Crippen LogP contribution is 2.19. The number of rotatable bonds is 8. The summed E-state index contributed by atoms with van der Waals surface area (Å²) in [6.45, 7) is 4.05. The van der Waals surface area contributed by atoms with Crippen molar-refractivity contribution in [2.24, 2.45) is 0 Å². The first-order chi connectivity index (χ1) is 9.62. The zero-order valence-corrected chi connectivity index (χ0v) is 13.7. The van der Waals surface area contributed by atoms with Gasteiger partial charge in [0.15, 0.2) is 0 Å². The maximum atomic E-state index is 12.1. The fourth-order valence-electron chi connectivity index (χ4n) is 1.69. The van der Waals surface area contributed by atoms with Crippen LogP contribution in [-0.2, 0) is 23.0 Å². The van der Waals surface area contributed by atoms with Crippen molar-refractivity contribution in [2.75, 3.05) is 13.1 Å². The summed E-state index contributed by atoms with van der Waals surface area (Å²) in [6, 6.07) is 5.72. The van der Waals surface area contributed by atoms with Crippen molar-refractivity contribution in [2.45, 2.75) is 24.8 Å². The third kappa shape index (κ3) is 4.39. The van der Waals surface area contributed by atoms with Gasteiger partial charge >= 0.3 is 0 Å². The van der Waals surface area contributed by atoms with E-state index in [2.05, 4.69) is 10.0 Å². The summed E-state index contributed by atoms with van der Waals surface area (Å²) in [7, 11) is -3.38. The smallest absolute Gasteiger partial charge is 0.241 e. The molecule has 2 rings (SSSR count). The first kappa shape index (κ1) is 15.7. The van der Waals surface area contributed by atoms with Crippen molar-refractivity contribution < 1.29 is 8.42 Å². The van der Waals surface area contributed by atoms with Crippen LogP contribution in [0.15, 0.2) is 33.9 Å². The molecule has 4 nitrogen and oxygen atoms in total. The molecular weight excluding hydrogens is 312 g/mol. The molecule has 0 atom stereocenters. The van der Waals surface area contributed by atoms with Crippen LogP contribution in [0.2, 0.25) is 0 Å². The average Bonchev–Trinajstić information content (AvgIpc) is 3.07. The highest BCUT2D eigenvalue weighted by molar-refractivity contribution is 7.89. The fourth-order valence-corrected chi connectivity index (χ4v) is 4.67. The maximum Gasteiger partial charge on any atom is 0.241 e. The van der Waals surface area contributed by atoms with Crippen LogP contribution in [-0.4, -0.2) is 21.5 Å². The second-order valence-electron chi connectivity index (χ2n) is 4.26. The van der Waals surface area contributed by atoms with Crippen LogP contribution in [0, 0.1) is 0 Å². The van der Waals surface area contributed by atoms with Gasteiger partial charge < -0.3 is 5.32 Å². The predicted octanol–water partition coefficient (Wildman–Crippen LogP) is 2.44. The number of hydrogen-bond acceptors (Lipinski definition) is 5. The van der Waals surface area contributed by atoms with Crippen LogP contribution < -0.4 is 10.0 Å². The van der Waals surface area contributed by atoms with Crippen LogP contribution in [0.3, 0.4) is 0 Å². The standard InChI is InChI=1S/C13H18N2O2S3/c1-2-14-9-12-8-13(10-19-12)20(16,17)15-6-5-11-4-3-7-18-11/h3-4,7-8,10,14-15H,2,5-6,9H2,1H3. The molecule has 0 radical (unpaired) electrons. The summed E-state index contributed by atoms with van der Waals surface area (Å²) in [4.78, 5) is 2.58. The molecule has 0 saturated carbocycles. The van der Waals surface area contributed by atoms with Gasteiger partial charge in [0, 0.05) is 28.2 Å². The lowest BCUT2D eigenvalue weighted by Crippen LogP contribution is -2.25. The van der Waals surface area contributed by atoms with Crippen LogP contribution in [0.4, 0.5) is 0 Å². The summed E-state index contributed by atoms with van der Waals surface area (Å²) in [5.74, 6) is 0. The second kappa shape index (κ2) is 7.33. The Labute approximate surface area is 127 Å². The van der Waals surface area contributed by atoms with Crippen LogP contribution in [0.5, 0.6) is 0 Å². The summed E-state index contributed by atoms with van der Waals surface area (Å²) in [6.07, 6.45) is 0.727. The zero-order chi connectivity index (χ0) is 14.4. The summed E-state index contributed by atoms with van der Waals surface area (Å²) in [5.41, 5.74) is 0. The minimum atomic E-state index is -3.38. The molecule has 2 aromatic rings. The van der Waals surface area contributed by atoms with Crippen molar-refractivity contribution in [1.29, 1.82) is 0 Å². The van der Waals surface area contributed by atoms with E-state index in [0.717, 1.165) is 17.8 Å². The van der Waals surface area contributed by atoms with Crippen LogP contribution in [0.25, 0.3) is 0 Å². The molecule has 0 saturated heterocycles. The Balaban J connectivity index is 1.90. The molecule has 0 bridgehead atoms. The molecule has 0 unspecified atom stereocenters. The van der Waals surface area contributed by atoms with Gasteiger partial charge in [-0.15, -0.1) is 22.7 Å². The number of hydrogen-bond donors (Lipinski definition) is 2. The Hall–Kier alpha value is -0.730. The summed E-state index contributed by atoms with van der Waals surface area (Å²) in [5, 5.41) is 6.88. The van der Waals surface area contributed by atoms with E-state index in [9.17, 15) is 8.42 Å². The van der Waals surface area contributed by atoms with Crippen molar-refractivity contribution in [3.05, 3.63) is 38.7 Å². The van der Waals surface area contributed by atoms with E-state index in [4.69, 9.17) is 0 Å². The fraction of sp³-hybridized carbons (Fsp3) is 0.385. The highest BCUT2D eigenvalue weighted by Gasteiger charge is 2.15. The monoisotopic (exact) mass is 330 g/mol. The zero-order valence-electron chi connectivity index (χ0n) is 11.3. The molecule has 110 valence electrons. The van der Waals surface area contributed by atoms with Gasteiger partial charge in [-0.2, -0.15) is 0 Å². The Bertz CT molecular complexity index is 618. The first-order valence-corrected chi connectivity index (χ1v) is 9.66. The van der Waals surface area contributed by atoms with E-state index in [-0.39, 0.29) is 0 Å². The van der Waals surface area contributed by atoms with E-state index < -0.39 is 10.0 Å². The van der Waals surface area contributed by atoms with Crippen molar-refractivity contribution in [3.63, 3.8) is 0 Å². The Kier molecular flexibility index (Phi) is 5.74. The number of thiophene rings is 2. The molecule has 0 aliphatic carbocycles. The Morgan fingerprint density at radius 1 is 1.25 bits per heavy atom. The van der Waals surface area contributed by atoms with Gasteiger partial charge in [0.2, 0.25) is 10.0 Å². The molecule has 0 amide bonds. The normalized spacial score (nSPS) is 11.8. The third-order valence-corrected chi connectivity index (χ3v) is 6.20. The Morgan fingerprint density at radius 2 is 2.10 bits per heavy atom. The third-order valence-electron chi connectivity index (χ3n) is 2.73. The van der Waals surface area contributed by atoms with Gasteiger partial charge in [-0.25, -0.2) is 13.1 Å². The van der Waals surface area contributed by atoms with Gasteiger partial charge in [-0.1, -0.05) is 13.0 Å². The molecule has 2 heterocycles. The van der Waals surface area contributed by atoms with E-state index >= 15 is 0 Å². The second-order valence-corrected chi connectivity index (χ2v) is 8.05. The van der Waals surface area contributed by atoms with Crippen molar-refractivity contribution in [3.8, 4) is 0 Å². The molecule has 0 aromatic carbocycles. The molecular formula is C13H18N2O2S3. The molecule has 0 aliphatic rings. The minimum absolute atomic E-state index is 0.363. The van der Waals surface area contributed by atoms with Gasteiger partial charge in [-0.3, -0.25) is 0 Å². The topological polar surface area (TPSA) is 58.2 Å². The van der Waals surface area contributed by atoms with E-state index in [1.807, 2.05) is 24.4 Å². The SMILES string of the molecule is CCNCc1cc(S(=O)(=O)NCCc2cccs2)cs1. The molecule has 0 spiro atoms. The lowest BCUT2D eigenvalue weighted by molar-refractivity contribution is 0.582.